The molecule has 0 aromatic heterocycles. The number of hydrogen-bond acceptors (Lipinski definition) is 4. The molecule has 5 heteroatoms. The summed E-state index contributed by atoms with van der Waals surface area (Å²) < 4.78 is 0. The van der Waals surface area contributed by atoms with Crippen molar-refractivity contribution in [3.8, 4) is 0 Å². The zero-order chi connectivity index (χ0) is 13.1. The van der Waals surface area contributed by atoms with Gasteiger partial charge in [-0.3, -0.25) is 19.8 Å². The molecular formula is C13H16N2O3. The normalized spacial score (nSPS) is 14.8. The van der Waals surface area contributed by atoms with Crippen LogP contribution in [-0.4, -0.2) is 34.7 Å². The van der Waals surface area contributed by atoms with E-state index in [-0.39, 0.29) is 11.5 Å². The first kappa shape index (κ1) is 12.7. The van der Waals surface area contributed by atoms with E-state index in [1.165, 1.54) is 12.1 Å². The Labute approximate surface area is 106 Å². The van der Waals surface area contributed by atoms with Gasteiger partial charge in [0.2, 0.25) is 0 Å². The standard InChI is InChI=1S/C13H16N2O3/c1-2-14(11-6-7-11)9-13(16)10-4-3-5-12(8-10)15(17)18/h3-5,8,11H,2,6-7,9H2,1H3. The molecule has 1 aromatic rings. The van der Waals surface area contributed by atoms with Gasteiger partial charge in [0.05, 0.1) is 11.5 Å². The maximum atomic E-state index is 12.1. The van der Waals surface area contributed by atoms with E-state index in [1.54, 1.807) is 12.1 Å². The van der Waals surface area contributed by atoms with Crippen LogP contribution in [0.15, 0.2) is 24.3 Å². The molecule has 0 N–H and O–H groups in total. The highest BCUT2D eigenvalue weighted by molar-refractivity contribution is 5.98. The van der Waals surface area contributed by atoms with Crippen LogP contribution in [0.4, 0.5) is 5.69 Å². The fraction of sp³-hybridized carbons (Fsp3) is 0.462. The quantitative estimate of drug-likeness (QED) is 0.440. The third-order valence-corrected chi connectivity index (χ3v) is 3.20. The van der Waals surface area contributed by atoms with Gasteiger partial charge in [0.15, 0.2) is 5.78 Å². The summed E-state index contributed by atoms with van der Waals surface area (Å²) in [6.45, 7) is 3.21. The van der Waals surface area contributed by atoms with E-state index in [9.17, 15) is 14.9 Å². The van der Waals surface area contributed by atoms with Crippen molar-refractivity contribution in [3.63, 3.8) is 0 Å². The van der Waals surface area contributed by atoms with Crippen LogP contribution in [0.5, 0.6) is 0 Å². The highest BCUT2D eigenvalue weighted by Gasteiger charge is 2.29. The molecule has 1 aromatic carbocycles. The number of nitro groups is 1. The molecule has 0 bridgehead atoms. The van der Waals surface area contributed by atoms with Crippen LogP contribution in [0.1, 0.15) is 30.1 Å². The van der Waals surface area contributed by atoms with Gasteiger partial charge < -0.3 is 0 Å². The number of Topliss-reactive ketones (excluding diaryl/α,β-unsaturated/α-hetero) is 1. The average Bonchev–Trinajstić information content (AvgIpc) is 3.20. The molecule has 0 heterocycles. The van der Waals surface area contributed by atoms with E-state index in [4.69, 9.17) is 0 Å². The minimum Gasteiger partial charge on any atom is -0.293 e. The summed E-state index contributed by atoms with van der Waals surface area (Å²) in [4.78, 5) is 24.4. The van der Waals surface area contributed by atoms with Gasteiger partial charge in [-0.15, -0.1) is 0 Å². The van der Waals surface area contributed by atoms with Crippen molar-refractivity contribution in [2.75, 3.05) is 13.1 Å². The molecule has 1 fully saturated rings. The Morgan fingerprint density at radius 1 is 1.50 bits per heavy atom. The lowest BCUT2D eigenvalue weighted by atomic mass is 10.1. The van der Waals surface area contributed by atoms with Crippen molar-refractivity contribution in [3.05, 3.63) is 39.9 Å². The number of carbonyl (C=O) groups excluding carboxylic acids is 1. The molecule has 0 radical (unpaired) electrons. The maximum absolute atomic E-state index is 12.1. The predicted octanol–water partition coefficient (Wildman–Crippen LogP) is 2.26. The zero-order valence-electron chi connectivity index (χ0n) is 10.3. The Morgan fingerprint density at radius 3 is 2.78 bits per heavy atom. The Morgan fingerprint density at radius 2 is 2.22 bits per heavy atom. The number of likely N-dealkylation sites (N-methyl/N-ethyl adjacent to an activating group) is 1. The second-order valence-electron chi connectivity index (χ2n) is 4.52. The number of ketones is 1. The smallest absolute Gasteiger partial charge is 0.270 e. The highest BCUT2D eigenvalue weighted by Crippen LogP contribution is 2.26. The Hall–Kier alpha value is -1.75. The maximum Gasteiger partial charge on any atom is 0.270 e. The number of non-ortho nitro benzene ring substituents is 1. The summed E-state index contributed by atoms with van der Waals surface area (Å²) in [7, 11) is 0. The van der Waals surface area contributed by atoms with Crippen LogP contribution in [0.25, 0.3) is 0 Å². The van der Waals surface area contributed by atoms with E-state index in [2.05, 4.69) is 4.90 Å². The molecule has 18 heavy (non-hydrogen) atoms. The lowest BCUT2D eigenvalue weighted by Crippen LogP contribution is -2.31. The topological polar surface area (TPSA) is 63.5 Å². The number of rotatable bonds is 6. The van der Waals surface area contributed by atoms with E-state index in [0.717, 1.165) is 19.4 Å². The van der Waals surface area contributed by atoms with Gasteiger partial charge in [-0.25, -0.2) is 0 Å². The van der Waals surface area contributed by atoms with Crippen LogP contribution in [-0.2, 0) is 0 Å². The van der Waals surface area contributed by atoms with Crippen molar-refractivity contribution in [2.24, 2.45) is 0 Å². The SMILES string of the molecule is CCN(CC(=O)c1cccc([N+](=O)[O-])c1)C1CC1. The Bertz CT molecular complexity index is 469. The molecule has 96 valence electrons. The molecule has 0 saturated heterocycles. The molecule has 5 nitrogen and oxygen atoms in total. The fourth-order valence-corrected chi connectivity index (χ4v) is 2.01. The number of carbonyl (C=O) groups is 1. The van der Waals surface area contributed by atoms with Crippen molar-refractivity contribution in [1.82, 2.24) is 4.90 Å². The largest absolute Gasteiger partial charge is 0.293 e. The molecule has 1 aliphatic carbocycles. The van der Waals surface area contributed by atoms with Crippen LogP contribution >= 0.6 is 0 Å². The summed E-state index contributed by atoms with van der Waals surface area (Å²) >= 11 is 0. The van der Waals surface area contributed by atoms with E-state index < -0.39 is 4.92 Å². The fourth-order valence-electron chi connectivity index (χ4n) is 2.01. The lowest BCUT2D eigenvalue weighted by Gasteiger charge is -2.18. The average molecular weight is 248 g/mol. The number of benzene rings is 1. The number of nitrogens with zero attached hydrogens (tertiary/aromatic N) is 2. The monoisotopic (exact) mass is 248 g/mol. The van der Waals surface area contributed by atoms with Gasteiger partial charge in [0, 0.05) is 23.7 Å². The summed E-state index contributed by atoms with van der Waals surface area (Å²) in [6, 6.07) is 6.46. The third kappa shape index (κ3) is 2.92. The zero-order valence-corrected chi connectivity index (χ0v) is 10.3. The first-order valence-corrected chi connectivity index (χ1v) is 6.13. The van der Waals surface area contributed by atoms with Gasteiger partial charge in [-0.05, 0) is 19.4 Å². The van der Waals surface area contributed by atoms with Crippen LogP contribution in [0.2, 0.25) is 0 Å². The van der Waals surface area contributed by atoms with Gasteiger partial charge in [-0.1, -0.05) is 19.1 Å². The molecule has 0 atom stereocenters. The Balaban J connectivity index is 2.08. The third-order valence-electron chi connectivity index (χ3n) is 3.20. The first-order chi connectivity index (χ1) is 8.61. The van der Waals surface area contributed by atoms with Gasteiger partial charge >= 0.3 is 0 Å². The van der Waals surface area contributed by atoms with Crippen molar-refractivity contribution < 1.29 is 9.72 Å². The molecular weight excluding hydrogens is 232 g/mol. The van der Waals surface area contributed by atoms with Crippen LogP contribution in [0.3, 0.4) is 0 Å². The van der Waals surface area contributed by atoms with Crippen LogP contribution < -0.4 is 0 Å². The van der Waals surface area contributed by atoms with Crippen molar-refractivity contribution in [1.29, 1.82) is 0 Å². The molecule has 1 saturated carbocycles. The van der Waals surface area contributed by atoms with E-state index >= 15 is 0 Å². The lowest BCUT2D eigenvalue weighted by molar-refractivity contribution is -0.384. The minimum absolute atomic E-state index is 0.0321. The molecule has 0 spiro atoms. The molecule has 1 aliphatic rings. The van der Waals surface area contributed by atoms with Gasteiger partial charge in [0.25, 0.3) is 5.69 Å². The molecule has 0 unspecified atom stereocenters. The summed E-state index contributed by atoms with van der Waals surface area (Å²) in [5.74, 6) is -0.0487. The van der Waals surface area contributed by atoms with Crippen molar-refractivity contribution in [2.45, 2.75) is 25.8 Å². The summed E-state index contributed by atoms with van der Waals surface area (Å²) in [5.41, 5.74) is 0.388. The summed E-state index contributed by atoms with van der Waals surface area (Å²) in [6.07, 6.45) is 2.30. The van der Waals surface area contributed by atoms with Crippen LogP contribution in [0, 0.1) is 10.1 Å². The number of nitro benzene ring substituents is 1. The second kappa shape index (κ2) is 5.27. The van der Waals surface area contributed by atoms with Gasteiger partial charge in [0.1, 0.15) is 0 Å². The highest BCUT2D eigenvalue weighted by atomic mass is 16.6. The first-order valence-electron chi connectivity index (χ1n) is 6.13. The predicted molar refractivity (Wildman–Crippen MR) is 67.7 cm³/mol. The van der Waals surface area contributed by atoms with Gasteiger partial charge in [-0.2, -0.15) is 0 Å². The molecule has 0 aliphatic heterocycles. The molecule has 0 amide bonds. The molecule has 2 rings (SSSR count). The second-order valence-corrected chi connectivity index (χ2v) is 4.52. The van der Waals surface area contributed by atoms with E-state index in [0.29, 0.717) is 18.2 Å². The Kier molecular flexibility index (Phi) is 3.72. The number of hydrogen-bond donors (Lipinski definition) is 0. The van der Waals surface area contributed by atoms with E-state index in [1.807, 2.05) is 6.92 Å². The minimum atomic E-state index is -0.477. The van der Waals surface area contributed by atoms with Crippen molar-refractivity contribution >= 4 is 11.5 Å². The summed E-state index contributed by atoms with van der Waals surface area (Å²) in [5, 5.41) is 10.7.